The molecule has 0 aliphatic carbocycles. The first kappa shape index (κ1) is 21.3. The molecule has 0 saturated carbocycles. The van der Waals surface area contributed by atoms with Crippen LogP contribution in [0.4, 0.5) is 0 Å². The Morgan fingerprint density at radius 1 is 1.03 bits per heavy atom. The van der Waals surface area contributed by atoms with E-state index in [0.717, 1.165) is 11.1 Å². The highest BCUT2D eigenvalue weighted by molar-refractivity contribution is 5.97. The Bertz CT molecular complexity index is 1010. The van der Waals surface area contributed by atoms with Crippen LogP contribution in [0.5, 0.6) is 0 Å². The van der Waals surface area contributed by atoms with Crippen LogP contribution in [0.3, 0.4) is 0 Å². The molecule has 0 fully saturated rings. The minimum atomic E-state index is -0.919. The summed E-state index contributed by atoms with van der Waals surface area (Å²) in [6, 6.07) is 19.3. The van der Waals surface area contributed by atoms with Crippen LogP contribution in [-0.2, 0) is 16.1 Å². The van der Waals surface area contributed by atoms with E-state index in [2.05, 4.69) is 10.4 Å². The first-order valence-corrected chi connectivity index (χ1v) is 9.93. The Kier molecular flexibility index (Phi) is 6.35. The van der Waals surface area contributed by atoms with E-state index in [4.69, 9.17) is 4.74 Å². The van der Waals surface area contributed by atoms with E-state index in [0.29, 0.717) is 17.8 Å². The van der Waals surface area contributed by atoms with Crippen molar-refractivity contribution in [2.24, 2.45) is 0 Å². The van der Waals surface area contributed by atoms with Gasteiger partial charge in [-0.2, -0.15) is 5.10 Å². The van der Waals surface area contributed by atoms with E-state index in [1.807, 2.05) is 81.4 Å². The van der Waals surface area contributed by atoms with Gasteiger partial charge in [0, 0.05) is 17.3 Å². The molecular formula is C24H27N3O3. The van der Waals surface area contributed by atoms with Crippen LogP contribution in [0.25, 0.3) is 11.3 Å². The molecule has 1 atom stereocenters. The number of ether oxygens (including phenoxy) is 1. The average molecular weight is 405 g/mol. The molecule has 2 aromatic carbocycles. The number of nitrogens with one attached hydrogen (secondary N) is 1. The number of nitrogens with zero attached hydrogens (tertiary/aromatic N) is 2. The summed E-state index contributed by atoms with van der Waals surface area (Å²) in [6.45, 7) is 7.71. The minimum absolute atomic E-state index is 0.326. The van der Waals surface area contributed by atoms with Crippen LogP contribution < -0.4 is 5.32 Å². The van der Waals surface area contributed by atoms with Gasteiger partial charge in [0.05, 0.1) is 6.54 Å². The van der Waals surface area contributed by atoms with Crippen molar-refractivity contribution >= 4 is 11.9 Å². The number of rotatable bonds is 6. The van der Waals surface area contributed by atoms with Crippen LogP contribution in [0.15, 0.2) is 66.9 Å². The molecule has 0 unspecified atom stereocenters. The van der Waals surface area contributed by atoms with Crippen molar-refractivity contribution in [2.75, 3.05) is 0 Å². The molecule has 156 valence electrons. The van der Waals surface area contributed by atoms with Gasteiger partial charge < -0.3 is 10.1 Å². The van der Waals surface area contributed by atoms with E-state index in [1.54, 1.807) is 17.8 Å². The van der Waals surface area contributed by atoms with Crippen molar-refractivity contribution in [3.63, 3.8) is 0 Å². The SMILES string of the molecule is C[C@H](OC(=O)c1cn(Cc2ccccc2)nc1-c1ccccc1)C(=O)NC(C)(C)C. The molecule has 0 aliphatic rings. The molecule has 0 spiro atoms. The molecule has 0 saturated heterocycles. The monoisotopic (exact) mass is 405 g/mol. The zero-order valence-corrected chi connectivity index (χ0v) is 17.8. The zero-order chi connectivity index (χ0) is 21.7. The predicted octanol–water partition coefficient (Wildman–Crippen LogP) is 4.06. The van der Waals surface area contributed by atoms with E-state index in [-0.39, 0.29) is 5.91 Å². The summed E-state index contributed by atoms with van der Waals surface area (Å²) >= 11 is 0. The van der Waals surface area contributed by atoms with Crippen LogP contribution in [-0.4, -0.2) is 33.3 Å². The lowest BCUT2D eigenvalue weighted by molar-refractivity contribution is -0.130. The van der Waals surface area contributed by atoms with Gasteiger partial charge in [0.15, 0.2) is 6.10 Å². The second-order valence-electron chi connectivity index (χ2n) is 8.23. The second kappa shape index (κ2) is 8.95. The van der Waals surface area contributed by atoms with Crippen molar-refractivity contribution < 1.29 is 14.3 Å². The summed E-state index contributed by atoms with van der Waals surface area (Å²) in [5.74, 6) is -0.918. The number of esters is 1. The lowest BCUT2D eigenvalue weighted by atomic mass is 10.1. The van der Waals surface area contributed by atoms with Crippen molar-refractivity contribution in [1.29, 1.82) is 0 Å². The maximum absolute atomic E-state index is 12.9. The lowest BCUT2D eigenvalue weighted by Crippen LogP contribution is -2.46. The maximum atomic E-state index is 12.9. The topological polar surface area (TPSA) is 73.2 Å². The van der Waals surface area contributed by atoms with E-state index in [1.165, 1.54) is 0 Å². The molecule has 6 heteroatoms. The molecule has 1 amide bonds. The number of amides is 1. The van der Waals surface area contributed by atoms with Crippen molar-refractivity contribution in [3.8, 4) is 11.3 Å². The Labute approximate surface area is 176 Å². The fraction of sp³-hybridized carbons (Fsp3) is 0.292. The van der Waals surface area contributed by atoms with Crippen LogP contribution in [0.2, 0.25) is 0 Å². The van der Waals surface area contributed by atoms with Crippen LogP contribution >= 0.6 is 0 Å². The second-order valence-corrected chi connectivity index (χ2v) is 8.23. The van der Waals surface area contributed by atoms with Crippen LogP contribution in [0, 0.1) is 0 Å². The molecular weight excluding hydrogens is 378 g/mol. The van der Waals surface area contributed by atoms with E-state index >= 15 is 0 Å². The van der Waals surface area contributed by atoms with Gasteiger partial charge >= 0.3 is 5.97 Å². The normalized spacial score (nSPS) is 12.3. The lowest BCUT2D eigenvalue weighted by Gasteiger charge is -2.23. The summed E-state index contributed by atoms with van der Waals surface area (Å²) in [6.07, 6.45) is 0.754. The van der Waals surface area contributed by atoms with Gasteiger partial charge in [-0.15, -0.1) is 0 Å². The summed E-state index contributed by atoms with van der Waals surface area (Å²) in [7, 11) is 0. The zero-order valence-electron chi connectivity index (χ0n) is 17.8. The van der Waals surface area contributed by atoms with Crippen molar-refractivity contribution in [3.05, 3.63) is 78.0 Å². The predicted molar refractivity (Wildman–Crippen MR) is 116 cm³/mol. The fourth-order valence-corrected chi connectivity index (χ4v) is 2.98. The van der Waals surface area contributed by atoms with Crippen molar-refractivity contribution in [1.82, 2.24) is 15.1 Å². The summed E-state index contributed by atoms with van der Waals surface area (Å²) in [5, 5.41) is 7.45. The van der Waals surface area contributed by atoms with Crippen LogP contribution in [0.1, 0.15) is 43.6 Å². The third kappa shape index (κ3) is 5.56. The van der Waals surface area contributed by atoms with Gasteiger partial charge in [-0.25, -0.2) is 4.79 Å². The molecule has 0 aliphatic heterocycles. The first-order valence-electron chi connectivity index (χ1n) is 9.93. The number of hydrogen-bond donors (Lipinski definition) is 1. The van der Waals surface area contributed by atoms with Gasteiger partial charge in [0.2, 0.25) is 0 Å². The quantitative estimate of drug-likeness (QED) is 0.628. The molecule has 3 rings (SSSR count). The van der Waals surface area contributed by atoms with Gasteiger partial charge in [0.25, 0.3) is 5.91 Å². The van der Waals surface area contributed by atoms with Gasteiger partial charge in [-0.3, -0.25) is 9.48 Å². The van der Waals surface area contributed by atoms with E-state index in [9.17, 15) is 9.59 Å². The number of carbonyl (C=O) groups is 2. The number of hydrogen-bond acceptors (Lipinski definition) is 4. The third-order valence-corrected chi connectivity index (χ3v) is 4.37. The molecule has 6 nitrogen and oxygen atoms in total. The van der Waals surface area contributed by atoms with Gasteiger partial charge in [-0.1, -0.05) is 60.7 Å². The summed E-state index contributed by atoms with van der Waals surface area (Å²) < 4.78 is 7.18. The number of aromatic nitrogens is 2. The van der Waals surface area contributed by atoms with Gasteiger partial charge in [0.1, 0.15) is 11.3 Å². The summed E-state index contributed by atoms with van der Waals surface area (Å²) in [4.78, 5) is 25.2. The van der Waals surface area contributed by atoms with Gasteiger partial charge in [-0.05, 0) is 33.3 Å². The molecule has 0 radical (unpaired) electrons. The highest BCUT2D eigenvalue weighted by Crippen LogP contribution is 2.23. The number of carbonyl (C=O) groups excluding carboxylic acids is 2. The first-order chi connectivity index (χ1) is 14.2. The molecule has 3 aromatic rings. The molecule has 0 bridgehead atoms. The van der Waals surface area contributed by atoms with E-state index < -0.39 is 17.6 Å². The van der Waals surface area contributed by atoms with Crippen molar-refractivity contribution in [2.45, 2.75) is 45.9 Å². The Balaban J connectivity index is 1.86. The minimum Gasteiger partial charge on any atom is -0.449 e. The third-order valence-electron chi connectivity index (χ3n) is 4.37. The standard InChI is InChI=1S/C24H27N3O3/c1-17(22(28)25-24(2,3)4)30-23(29)20-16-27(15-18-11-7-5-8-12-18)26-21(20)19-13-9-6-10-14-19/h5-14,16-17H,15H2,1-4H3,(H,25,28)/t17-/m0/s1. The Hall–Kier alpha value is -3.41. The maximum Gasteiger partial charge on any atom is 0.342 e. The highest BCUT2D eigenvalue weighted by Gasteiger charge is 2.26. The molecule has 1 aromatic heterocycles. The number of benzene rings is 2. The molecule has 30 heavy (non-hydrogen) atoms. The highest BCUT2D eigenvalue weighted by atomic mass is 16.5. The average Bonchev–Trinajstić information content (AvgIpc) is 3.12. The molecule has 1 heterocycles. The largest absolute Gasteiger partial charge is 0.449 e. The Morgan fingerprint density at radius 2 is 1.63 bits per heavy atom. The fourth-order valence-electron chi connectivity index (χ4n) is 2.98. The summed E-state index contributed by atoms with van der Waals surface area (Å²) in [5.41, 5.74) is 2.32. The molecule has 1 N–H and O–H groups in total. The smallest absolute Gasteiger partial charge is 0.342 e. The Morgan fingerprint density at radius 3 is 2.23 bits per heavy atom.